The molecule has 7 nitrogen and oxygen atoms in total. The Labute approximate surface area is 145 Å². The zero-order valence-corrected chi connectivity index (χ0v) is 14.2. The quantitative estimate of drug-likeness (QED) is 0.886. The summed E-state index contributed by atoms with van der Waals surface area (Å²) in [7, 11) is 0. The Morgan fingerprint density at radius 1 is 1.24 bits per heavy atom. The summed E-state index contributed by atoms with van der Waals surface area (Å²) >= 11 is 0. The van der Waals surface area contributed by atoms with Gasteiger partial charge in [-0.25, -0.2) is 4.79 Å². The number of morpholine rings is 1. The van der Waals surface area contributed by atoms with E-state index in [1.165, 1.54) is 12.8 Å². The minimum atomic E-state index is -0.490. The highest BCUT2D eigenvalue weighted by atomic mass is 16.5. The van der Waals surface area contributed by atoms with Gasteiger partial charge in [0.15, 0.2) is 5.58 Å². The number of benzene rings is 1. The summed E-state index contributed by atoms with van der Waals surface area (Å²) in [6.07, 6.45) is 4.97. The first-order chi connectivity index (χ1) is 12.1. The molecule has 7 heteroatoms. The van der Waals surface area contributed by atoms with Crippen LogP contribution >= 0.6 is 0 Å². The average Bonchev–Trinajstić information content (AvgIpc) is 3.21. The van der Waals surface area contributed by atoms with E-state index in [2.05, 4.69) is 15.2 Å². The van der Waals surface area contributed by atoms with Gasteiger partial charge in [0, 0.05) is 30.7 Å². The van der Waals surface area contributed by atoms with E-state index in [0.717, 1.165) is 39.1 Å². The van der Waals surface area contributed by atoms with Gasteiger partial charge in [-0.1, -0.05) is 12.8 Å². The number of nitrogens with one attached hydrogen (secondary N) is 2. The predicted molar refractivity (Wildman–Crippen MR) is 93.7 cm³/mol. The second kappa shape index (κ2) is 6.65. The van der Waals surface area contributed by atoms with Crippen LogP contribution in [0.2, 0.25) is 0 Å². The molecule has 2 aromatic rings. The van der Waals surface area contributed by atoms with Crippen molar-refractivity contribution in [1.82, 2.24) is 9.88 Å². The molecule has 2 fully saturated rings. The highest BCUT2D eigenvalue weighted by Gasteiger charge is 2.41. The molecule has 2 N–H and O–H groups in total. The Kier molecular flexibility index (Phi) is 4.35. The van der Waals surface area contributed by atoms with E-state index in [0.29, 0.717) is 23.2 Å². The van der Waals surface area contributed by atoms with Gasteiger partial charge in [-0.05, 0) is 31.0 Å². The van der Waals surface area contributed by atoms with Gasteiger partial charge in [0.05, 0.1) is 18.7 Å². The second-order valence-corrected chi connectivity index (χ2v) is 6.98. The molecule has 2 heterocycles. The van der Waals surface area contributed by atoms with Crippen molar-refractivity contribution in [2.24, 2.45) is 0 Å². The number of nitrogens with zero attached hydrogens (tertiary/aromatic N) is 1. The van der Waals surface area contributed by atoms with Crippen molar-refractivity contribution in [1.29, 1.82) is 0 Å². The van der Waals surface area contributed by atoms with Gasteiger partial charge in [0.1, 0.15) is 0 Å². The van der Waals surface area contributed by atoms with E-state index >= 15 is 0 Å². The Bertz CT molecular complexity index is 813. The van der Waals surface area contributed by atoms with Gasteiger partial charge in [0.25, 0.3) is 0 Å². The Balaban J connectivity index is 1.48. The zero-order chi connectivity index (χ0) is 17.3. The number of rotatable bonds is 4. The molecule has 0 spiro atoms. The third-order valence-electron chi connectivity index (χ3n) is 5.41. The fraction of sp³-hybridized carbons (Fsp3) is 0.556. The van der Waals surface area contributed by atoms with Crippen LogP contribution in [0.4, 0.5) is 5.69 Å². The van der Waals surface area contributed by atoms with Crippen LogP contribution in [0.25, 0.3) is 11.1 Å². The summed E-state index contributed by atoms with van der Waals surface area (Å²) in [6, 6.07) is 5.18. The molecule has 1 aliphatic carbocycles. The van der Waals surface area contributed by atoms with E-state index in [-0.39, 0.29) is 11.4 Å². The summed E-state index contributed by atoms with van der Waals surface area (Å²) < 4.78 is 10.5. The number of H-pyrrole nitrogens is 1. The van der Waals surface area contributed by atoms with Crippen molar-refractivity contribution in [2.75, 3.05) is 31.6 Å². The molecule has 1 aromatic carbocycles. The van der Waals surface area contributed by atoms with Gasteiger partial charge in [0.2, 0.25) is 5.91 Å². The van der Waals surface area contributed by atoms with Crippen molar-refractivity contribution >= 4 is 22.7 Å². The van der Waals surface area contributed by atoms with E-state index in [9.17, 15) is 9.59 Å². The standard InChI is InChI=1S/C18H23N3O4/c22-16(19-13-3-4-15-14(11-13)20-17(23)25-15)12-18(5-1-2-6-18)21-7-9-24-10-8-21/h3-4,11H,1-2,5-10,12H2,(H,19,22)(H,20,23). The lowest BCUT2D eigenvalue weighted by atomic mass is 9.90. The molecule has 1 saturated carbocycles. The lowest BCUT2D eigenvalue weighted by Crippen LogP contribution is -2.53. The molecule has 0 unspecified atom stereocenters. The predicted octanol–water partition coefficient (Wildman–Crippen LogP) is 2.09. The second-order valence-electron chi connectivity index (χ2n) is 6.98. The van der Waals surface area contributed by atoms with Crippen molar-refractivity contribution < 1.29 is 13.9 Å². The number of anilines is 1. The first-order valence-corrected chi connectivity index (χ1v) is 8.90. The normalized spacial score (nSPS) is 20.8. The minimum Gasteiger partial charge on any atom is -0.408 e. The van der Waals surface area contributed by atoms with E-state index in [1.54, 1.807) is 18.2 Å². The lowest BCUT2D eigenvalue weighted by molar-refractivity contribution is -0.120. The molecule has 1 aliphatic heterocycles. The summed E-state index contributed by atoms with van der Waals surface area (Å²) in [6.45, 7) is 3.28. The smallest absolute Gasteiger partial charge is 0.408 e. The largest absolute Gasteiger partial charge is 0.417 e. The summed E-state index contributed by atoms with van der Waals surface area (Å²) in [5.74, 6) is -0.478. The van der Waals surface area contributed by atoms with Crippen LogP contribution in [-0.4, -0.2) is 47.6 Å². The van der Waals surface area contributed by atoms with Gasteiger partial charge in [-0.15, -0.1) is 0 Å². The molecule has 0 radical (unpaired) electrons. The Morgan fingerprint density at radius 2 is 2.00 bits per heavy atom. The summed E-state index contributed by atoms with van der Waals surface area (Å²) in [5.41, 5.74) is 1.71. The van der Waals surface area contributed by atoms with Crippen LogP contribution in [0.3, 0.4) is 0 Å². The van der Waals surface area contributed by atoms with Crippen LogP contribution in [0.5, 0.6) is 0 Å². The number of aromatic nitrogens is 1. The van der Waals surface area contributed by atoms with Gasteiger partial charge in [-0.2, -0.15) is 0 Å². The maximum absolute atomic E-state index is 12.7. The first-order valence-electron chi connectivity index (χ1n) is 8.90. The molecule has 0 atom stereocenters. The van der Waals surface area contributed by atoms with Crippen molar-refractivity contribution in [3.05, 3.63) is 28.7 Å². The fourth-order valence-corrected chi connectivity index (χ4v) is 4.21. The van der Waals surface area contributed by atoms with Crippen LogP contribution in [-0.2, 0) is 9.53 Å². The number of fused-ring (bicyclic) bond motifs is 1. The molecule has 1 amide bonds. The third-order valence-corrected chi connectivity index (χ3v) is 5.41. The third kappa shape index (κ3) is 3.34. The molecule has 1 saturated heterocycles. The van der Waals surface area contributed by atoms with E-state index in [1.807, 2.05) is 0 Å². The monoisotopic (exact) mass is 345 g/mol. The maximum Gasteiger partial charge on any atom is 0.417 e. The van der Waals surface area contributed by atoms with Crippen molar-refractivity contribution in [3.8, 4) is 0 Å². The maximum atomic E-state index is 12.7. The number of hydrogen-bond acceptors (Lipinski definition) is 5. The average molecular weight is 345 g/mol. The number of carbonyl (C=O) groups is 1. The minimum absolute atomic E-state index is 0.0126. The van der Waals surface area contributed by atoms with Crippen LogP contribution in [0.1, 0.15) is 32.1 Å². The molecular formula is C18H23N3O4. The lowest BCUT2D eigenvalue weighted by Gasteiger charge is -2.43. The van der Waals surface area contributed by atoms with Crippen LogP contribution in [0, 0.1) is 0 Å². The zero-order valence-electron chi connectivity index (χ0n) is 14.2. The Hall–Kier alpha value is -2.12. The topological polar surface area (TPSA) is 87.6 Å². The van der Waals surface area contributed by atoms with Crippen molar-refractivity contribution in [2.45, 2.75) is 37.6 Å². The molecule has 134 valence electrons. The van der Waals surface area contributed by atoms with Gasteiger partial charge < -0.3 is 14.5 Å². The fourth-order valence-electron chi connectivity index (χ4n) is 4.21. The first kappa shape index (κ1) is 16.4. The van der Waals surface area contributed by atoms with Crippen LogP contribution in [0.15, 0.2) is 27.4 Å². The number of aromatic amines is 1. The number of hydrogen-bond donors (Lipinski definition) is 2. The molecule has 25 heavy (non-hydrogen) atoms. The number of ether oxygens (including phenoxy) is 1. The number of carbonyl (C=O) groups excluding carboxylic acids is 1. The van der Waals surface area contributed by atoms with Crippen molar-refractivity contribution in [3.63, 3.8) is 0 Å². The van der Waals surface area contributed by atoms with Gasteiger partial charge >= 0.3 is 5.76 Å². The number of oxazole rings is 1. The van der Waals surface area contributed by atoms with Crippen LogP contribution < -0.4 is 11.1 Å². The summed E-state index contributed by atoms with van der Waals surface area (Å²) in [4.78, 5) is 29.0. The Morgan fingerprint density at radius 3 is 2.76 bits per heavy atom. The SMILES string of the molecule is O=C(CC1(N2CCOCC2)CCCC1)Nc1ccc2oc(=O)[nH]c2c1. The number of amides is 1. The molecule has 2 aliphatic rings. The molecule has 0 bridgehead atoms. The highest BCUT2D eigenvalue weighted by Crippen LogP contribution is 2.38. The van der Waals surface area contributed by atoms with E-state index in [4.69, 9.17) is 9.15 Å². The van der Waals surface area contributed by atoms with Gasteiger partial charge in [-0.3, -0.25) is 14.7 Å². The summed E-state index contributed by atoms with van der Waals surface area (Å²) in [5, 5.41) is 2.97. The molecule has 4 rings (SSSR count). The highest BCUT2D eigenvalue weighted by molar-refractivity contribution is 5.93. The molecule has 1 aromatic heterocycles. The molecular weight excluding hydrogens is 322 g/mol. The van der Waals surface area contributed by atoms with E-state index < -0.39 is 5.76 Å².